The zero-order valence-corrected chi connectivity index (χ0v) is 8.14. The van der Waals surface area contributed by atoms with Gasteiger partial charge in [0.25, 0.3) is 0 Å². The van der Waals surface area contributed by atoms with Gasteiger partial charge in [-0.15, -0.1) is 0 Å². The van der Waals surface area contributed by atoms with Gasteiger partial charge in [-0.2, -0.15) is 0 Å². The molecule has 0 aliphatic heterocycles. The first-order chi connectivity index (χ1) is 7.36. The van der Waals surface area contributed by atoms with Gasteiger partial charge in [0.1, 0.15) is 0 Å². The Kier molecular flexibility index (Phi) is 1.62. The summed E-state index contributed by atoms with van der Waals surface area (Å²) in [5.41, 5.74) is 2.14. The first kappa shape index (κ1) is 8.24. The largest absolute Gasteiger partial charge is 0.316 e. The molecule has 2 heteroatoms. The monoisotopic (exact) mass is 194 g/mol. The number of pyridine rings is 2. The number of nitrogens with one attached hydrogen (secondary N) is 1. The van der Waals surface area contributed by atoms with Crippen molar-refractivity contribution in [1.29, 1.82) is 5.41 Å². The minimum Gasteiger partial charge on any atom is -0.316 e. The van der Waals surface area contributed by atoms with E-state index >= 15 is 0 Å². The van der Waals surface area contributed by atoms with Crippen molar-refractivity contribution >= 4 is 16.4 Å². The molecule has 2 nitrogen and oxygen atoms in total. The molecule has 0 saturated heterocycles. The molecule has 0 radical (unpaired) electrons. The molecule has 2 aromatic heterocycles. The predicted molar refractivity (Wildman–Crippen MR) is 60.8 cm³/mol. The molecule has 2 heterocycles. The van der Waals surface area contributed by atoms with E-state index in [-0.39, 0.29) is 0 Å². The molecule has 3 rings (SSSR count). The van der Waals surface area contributed by atoms with Gasteiger partial charge in [-0.25, -0.2) is 0 Å². The standard InChI is InChI=1S/C13H10N2/c14-12-9-10-5-3-4-8-15(10)13-7-2-1-6-11(12)13/h1-9,14H. The number of para-hydroxylation sites is 1. The summed E-state index contributed by atoms with van der Waals surface area (Å²) in [5.74, 6) is 0. The Morgan fingerprint density at radius 1 is 0.933 bits per heavy atom. The van der Waals surface area contributed by atoms with Crippen molar-refractivity contribution in [2.45, 2.75) is 0 Å². The highest BCUT2D eigenvalue weighted by atomic mass is 14.9. The van der Waals surface area contributed by atoms with E-state index in [1.54, 1.807) is 0 Å². The van der Waals surface area contributed by atoms with Gasteiger partial charge < -0.3 is 9.81 Å². The van der Waals surface area contributed by atoms with Crippen LogP contribution in [0.5, 0.6) is 0 Å². The molecular formula is C13H10N2. The Labute approximate surface area is 86.9 Å². The van der Waals surface area contributed by atoms with Crippen LogP contribution in [-0.2, 0) is 0 Å². The van der Waals surface area contributed by atoms with Crippen LogP contribution in [0.25, 0.3) is 16.4 Å². The third kappa shape index (κ3) is 1.15. The zero-order valence-electron chi connectivity index (χ0n) is 8.14. The van der Waals surface area contributed by atoms with Crippen molar-refractivity contribution in [3.05, 3.63) is 60.1 Å². The molecule has 0 amide bonds. The molecular weight excluding hydrogens is 184 g/mol. The second-order valence-corrected chi connectivity index (χ2v) is 3.57. The predicted octanol–water partition coefficient (Wildman–Crippen LogP) is 2.57. The van der Waals surface area contributed by atoms with E-state index in [0.717, 1.165) is 16.4 Å². The number of rotatable bonds is 0. The molecule has 0 aliphatic carbocycles. The third-order valence-corrected chi connectivity index (χ3v) is 2.64. The van der Waals surface area contributed by atoms with Gasteiger partial charge in [0, 0.05) is 17.1 Å². The SMILES string of the molecule is N=c1cc2ccccn2c2ccccc12. The molecule has 0 unspecified atom stereocenters. The normalized spacial score (nSPS) is 10.9. The highest BCUT2D eigenvalue weighted by molar-refractivity contribution is 5.81. The number of nitrogens with zero attached hydrogens (tertiary/aromatic N) is 1. The van der Waals surface area contributed by atoms with Crippen molar-refractivity contribution in [3.63, 3.8) is 0 Å². The quantitative estimate of drug-likeness (QED) is 0.533. The second kappa shape index (κ2) is 2.95. The third-order valence-electron chi connectivity index (χ3n) is 2.64. The molecule has 1 N–H and O–H groups in total. The number of hydrogen-bond donors (Lipinski definition) is 1. The molecule has 1 aromatic carbocycles. The molecule has 3 aromatic rings. The van der Waals surface area contributed by atoms with Gasteiger partial charge in [-0.1, -0.05) is 24.3 Å². The topological polar surface area (TPSA) is 28.3 Å². The maximum Gasteiger partial charge on any atom is 0.0654 e. The smallest absolute Gasteiger partial charge is 0.0654 e. The fraction of sp³-hybridized carbons (Fsp3) is 0. The van der Waals surface area contributed by atoms with Crippen LogP contribution in [0.2, 0.25) is 0 Å². The lowest BCUT2D eigenvalue weighted by molar-refractivity contribution is 1.20. The van der Waals surface area contributed by atoms with Gasteiger partial charge in [0.05, 0.1) is 10.9 Å². The highest BCUT2D eigenvalue weighted by Crippen LogP contribution is 2.12. The summed E-state index contributed by atoms with van der Waals surface area (Å²) in [5, 5.41) is 9.50. The highest BCUT2D eigenvalue weighted by Gasteiger charge is 1.98. The van der Waals surface area contributed by atoms with Crippen LogP contribution in [0.3, 0.4) is 0 Å². The molecule has 15 heavy (non-hydrogen) atoms. The average molecular weight is 194 g/mol. The van der Waals surface area contributed by atoms with E-state index in [4.69, 9.17) is 5.41 Å². The van der Waals surface area contributed by atoms with Crippen LogP contribution >= 0.6 is 0 Å². The molecule has 72 valence electrons. The molecule has 0 atom stereocenters. The summed E-state index contributed by atoms with van der Waals surface area (Å²) in [4.78, 5) is 0. The second-order valence-electron chi connectivity index (χ2n) is 3.57. The van der Waals surface area contributed by atoms with Crippen LogP contribution in [-0.4, -0.2) is 4.40 Å². The van der Waals surface area contributed by atoms with Crippen molar-refractivity contribution in [3.8, 4) is 0 Å². The lowest BCUT2D eigenvalue weighted by atomic mass is 10.2. The van der Waals surface area contributed by atoms with Crippen molar-refractivity contribution < 1.29 is 0 Å². The first-order valence-corrected chi connectivity index (χ1v) is 4.90. The van der Waals surface area contributed by atoms with Crippen LogP contribution in [0.15, 0.2) is 54.7 Å². The van der Waals surface area contributed by atoms with Crippen molar-refractivity contribution in [1.82, 2.24) is 4.40 Å². The summed E-state index contributed by atoms with van der Waals surface area (Å²) in [7, 11) is 0. The Balaban J connectivity index is 2.70. The minimum atomic E-state index is 0.580. The van der Waals surface area contributed by atoms with Gasteiger partial charge >= 0.3 is 0 Å². The molecule has 0 saturated carbocycles. The van der Waals surface area contributed by atoms with E-state index in [1.807, 2.05) is 54.7 Å². The van der Waals surface area contributed by atoms with E-state index in [9.17, 15) is 0 Å². The van der Waals surface area contributed by atoms with E-state index < -0.39 is 0 Å². The van der Waals surface area contributed by atoms with Gasteiger partial charge in [-0.05, 0) is 24.3 Å². The zero-order chi connectivity index (χ0) is 10.3. The lowest BCUT2D eigenvalue weighted by Crippen LogP contribution is -2.04. The summed E-state index contributed by atoms with van der Waals surface area (Å²) in [6.45, 7) is 0. The van der Waals surface area contributed by atoms with E-state index in [1.165, 1.54) is 0 Å². The Morgan fingerprint density at radius 3 is 2.67 bits per heavy atom. The van der Waals surface area contributed by atoms with Gasteiger partial charge in [0.15, 0.2) is 0 Å². The van der Waals surface area contributed by atoms with Crippen molar-refractivity contribution in [2.24, 2.45) is 0 Å². The van der Waals surface area contributed by atoms with Crippen LogP contribution < -0.4 is 5.36 Å². The Bertz CT molecular complexity index is 695. The fourth-order valence-corrected chi connectivity index (χ4v) is 1.93. The average Bonchev–Trinajstić information content (AvgIpc) is 2.30. The molecule has 0 spiro atoms. The molecule has 0 fully saturated rings. The van der Waals surface area contributed by atoms with Gasteiger partial charge in [0.2, 0.25) is 0 Å². The summed E-state index contributed by atoms with van der Waals surface area (Å²) >= 11 is 0. The summed E-state index contributed by atoms with van der Waals surface area (Å²) in [6.07, 6.45) is 2.02. The Morgan fingerprint density at radius 2 is 1.73 bits per heavy atom. The van der Waals surface area contributed by atoms with Crippen LogP contribution in [0.1, 0.15) is 0 Å². The van der Waals surface area contributed by atoms with Crippen molar-refractivity contribution in [2.75, 3.05) is 0 Å². The van der Waals surface area contributed by atoms with Crippen LogP contribution in [0, 0.1) is 5.41 Å². The maximum absolute atomic E-state index is 7.93. The lowest BCUT2D eigenvalue weighted by Gasteiger charge is -2.05. The molecule has 0 bridgehead atoms. The molecule has 0 aliphatic rings. The fourth-order valence-electron chi connectivity index (χ4n) is 1.93. The minimum absolute atomic E-state index is 0.580. The van der Waals surface area contributed by atoms with E-state index in [2.05, 4.69) is 4.40 Å². The van der Waals surface area contributed by atoms with Crippen LogP contribution in [0.4, 0.5) is 0 Å². The summed E-state index contributed by atoms with van der Waals surface area (Å²) in [6, 6.07) is 15.9. The number of fused-ring (bicyclic) bond motifs is 3. The summed E-state index contributed by atoms with van der Waals surface area (Å²) < 4.78 is 2.10. The first-order valence-electron chi connectivity index (χ1n) is 4.90. The van der Waals surface area contributed by atoms with Gasteiger partial charge in [-0.3, -0.25) is 0 Å². The number of hydrogen-bond acceptors (Lipinski definition) is 1. The Hall–Kier alpha value is -2.09. The number of aromatic nitrogens is 1. The maximum atomic E-state index is 7.93. The number of benzene rings is 1. The van der Waals surface area contributed by atoms with E-state index in [0.29, 0.717) is 5.36 Å².